The zero-order valence-electron chi connectivity index (χ0n) is 15.1. The van der Waals surface area contributed by atoms with Crippen molar-refractivity contribution in [2.24, 2.45) is 0 Å². The lowest BCUT2D eigenvalue weighted by molar-refractivity contribution is 0.501. The van der Waals surface area contributed by atoms with Crippen LogP contribution in [0.2, 0.25) is 0 Å². The van der Waals surface area contributed by atoms with Crippen LogP contribution < -0.4 is 10.5 Å². The third kappa shape index (κ3) is 4.11. The quantitative estimate of drug-likeness (QED) is 0.518. The Balaban J connectivity index is 1.60. The fourth-order valence-corrected chi connectivity index (χ4v) is 3.45. The summed E-state index contributed by atoms with van der Waals surface area (Å²) < 4.78 is 5.45. The molecule has 4 rings (SSSR count). The monoisotopic (exact) mass is 358 g/mol. The highest BCUT2D eigenvalue weighted by Gasteiger charge is 2.11. The van der Waals surface area contributed by atoms with E-state index in [4.69, 9.17) is 4.42 Å². The molecule has 4 nitrogen and oxygen atoms in total. The number of H-pyrrole nitrogens is 1. The first-order chi connectivity index (χ1) is 13.3. The Morgan fingerprint density at radius 3 is 2.56 bits per heavy atom. The third-order valence-electron chi connectivity index (χ3n) is 4.75. The summed E-state index contributed by atoms with van der Waals surface area (Å²) in [4.78, 5) is 17.3. The van der Waals surface area contributed by atoms with E-state index in [-0.39, 0.29) is 5.56 Å². The van der Waals surface area contributed by atoms with Gasteiger partial charge in [-0.05, 0) is 42.3 Å². The molecule has 2 aromatic heterocycles. The highest BCUT2D eigenvalue weighted by atomic mass is 16.3. The molecule has 2 aromatic carbocycles. The molecule has 4 aromatic rings. The lowest BCUT2D eigenvalue weighted by Gasteiger charge is -2.25. The summed E-state index contributed by atoms with van der Waals surface area (Å²) in [5, 5.41) is 1.09. The van der Waals surface area contributed by atoms with Gasteiger partial charge in [0.2, 0.25) is 5.56 Å². The summed E-state index contributed by atoms with van der Waals surface area (Å²) in [6, 6.07) is 24.0. The van der Waals surface area contributed by atoms with Crippen molar-refractivity contribution in [3.8, 4) is 0 Å². The molecule has 0 aliphatic heterocycles. The van der Waals surface area contributed by atoms with Crippen LogP contribution in [0.15, 0.2) is 88.3 Å². The maximum absolute atomic E-state index is 12.1. The number of nitrogens with zero attached hydrogens (tertiary/aromatic N) is 1. The number of anilines is 1. The molecule has 1 N–H and O–H groups in total. The molecule has 2 heterocycles. The first-order valence-corrected chi connectivity index (χ1v) is 9.23. The first kappa shape index (κ1) is 17.2. The third-order valence-corrected chi connectivity index (χ3v) is 4.75. The van der Waals surface area contributed by atoms with E-state index in [0.29, 0.717) is 6.54 Å². The number of nitrogens with one attached hydrogen (secondary N) is 1. The van der Waals surface area contributed by atoms with Crippen molar-refractivity contribution in [3.05, 3.63) is 101 Å². The molecule has 0 radical (unpaired) electrons. The largest absolute Gasteiger partial charge is 0.469 e. The Bertz CT molecular complexity index is 1050. The van der Waals surface area contributed by atoms with Crippen molar-refractivity contribution in [1.29, 1.82) is 0 Å². The molecule has 136 valence electrons. The van der Waals surface area contributed by atoms with Crippen LogP contribution >= 0.6 is 0 Å². The number of hydrogen-bond acceptors (Lipinski definition) is 3. The molecule has 0 amide bonds. The van der Waals surface area contributed by atoms with Crippen LogP contribution in [0.5, 0.6) is 0 Å². The van der Waals surface area contributed by atoms with Gasteiger partial charge < -0.3 is 14.3 Å². The van der Waals surface area contributed by atoms with Gasteiger partial charge in [-0.15, -0.1) is 0 Å². The Kier molecular flexibility index (Phi) is 5.06. The van der Waals surface area contributed by atoms with Gasteiger partial charge in [0, 0.05) is 42.2 Å². The van der Waals surface area contributed by atoms with E-state index in [0.717, 1.165) is 47.3 Å². The number of rotatable bonds is 7. The lowest BCUT2D eigenvalue weighted by Crippen LogP contribution is -2.25. The molecule has 4 heteroatoms. The standard InChI is InChI=1S/C23H22N2O2/c26-23-16-18(21-12-4-5-13-22(21)24-23)17-25(19-8-2-1-3-9-19)14-6-10-20-11-7-15-27-20/h1-5,7-9,11-13,15-16H,6,10,14,17H2,(H,24,26). The van der Waals surface area contributed by atoms with Crippen LogP contribution in [0.3, 0.4) is 0 Å². The van der Waals surface area contributed by atoms with Crippen molar-refractivity contribution in [1.82, 2.24) is 4.98 Å². The zero-order chi connectivity index (χ0) is 18.5. The minimum atomic E-state index is -0.0627. The van der Waals surface area contributed by atoms with Crippen molar-refractivity contribution in [3.63, 3.8) is 0 Å². The van der Waals surface area contributed by atoms with Gasteiger partial charge in [-0.3, -0.25) is 4.79 Å². The van der Waals surface area contributed by atoms with Gasteiger partial charge in [0.05, 0.1) is 6.26 Å². The topological polar surface area (TPSA) is 49.2 Å². The average Bonchev–Trinajstić information content (AvgIpc) is 3.21. The van der Waals surface area contributed by atoms with E-state index >= 15 is 0 Å². The van der Waals surface area contributed by atoms with Gasteiger partial charge in [-0.2, -0.15) is 0 Å². The Labute approximate surface area is 158 Å². The van der Waals surface area contributed by atoms with E-state index in [1.165, 1.54) is 0 Å². The molecule has 0 saturated heterocycles. The fourth-order valence-electron chi connectivity index (χ4n) is 3.45. The molecule has 0 fully saturated rings. The minimum Gasteiger partial charge on any atom is -0.469 e. The van der Waals surface area contributed by atoms with Gasteiger partial charge in [0.25, 0.3) is 0 Å². The smallest absolute Gasteiger partial charge is 0.248 e. The van der Waals surface area contributed by atoms with Crippen LogP contribution in [-0.4, -0.2) is 11.5 Å². The number of aromatic amines is 1. The number of fused-ring (bicyclic) bond motifs is 1. The van der Waals surface area contributed by atoms with E-state index < -0.39 is 0 Å². The summed E-state index contributed by atoms with van der Waals surface area (Å²) in [7, 11) is 0. The molecule has 0 aliphatic rings. The molecular formula is C23H22N2O2. The molecule has 0 atom stereocenters. The molecule has 0 unspecified atom stereocenters. The number of benzene rings is 2. The molecular weight excluding hydrogens is 336 g/mol. The van der Waals surface area contributed by atoms with E-state index in [1.54, 1.807) is 12.3 Å². The van der Waals surface area contributed by atoms with Crippen molar-refractivity contribution < 1.29 is 4.42 Å². The Hall–Kier alpha value is -3.27. The van der Waals surface area contributed by atoms with E-state index in [2.05, 4.69) is 28.1 Å². The second-order valence-electron chi connectivity index (χ2n) is 6.64. The Morgan fingerprint density at radius 1 is 0.926 bits per heavy atom. The summed E-state index contributed by atoms with van der Waals surface area (Å²) in [5.74, 6) is 1.00. The van der Waals surface area contributed by atoms with Crippen molar-refractivity contribution in [2.75, 3.05) is 11.4 Å². The predicted molar refractivity (Wildman–Crippen MR) is 109 cm³/mol. The molecule has 0 bridgehead atoms. The van der Waals surface area contributed by atoms with Crippen molar-refractivity contribution in [2.45, 2.75) is 19.4 Å². The number of pyridine rings is 1. The summed E-state index contributed by atoms with van der Waals surface area (Å²) in [6.45, 7) is 1.57. The summed E-state index contributed by atoms with van der Waals surface area (Å²) in [5.41, 5.74) is 3.01. The second-order valence-corrected chi connectivity index (χ2v) is 6.64. The van der Waals surface area contributed by atoms with Crippen LogP contribution in [0.4, 0.5) is 5.69 Å². The normalized spacial score (nSPS) is 11.0. The van der Waals surface area contributed by atoms with Gasteiger partial charge in [-0.1, -0.05) is 36.4 Å². The number of para-hydroxylation sites is 2. The number of aromatic nitrogens is 1. The van der Waals surface area contributed by atoms with Gasteiger partial charge in [-0.25, -0.2) is 0 Å². The SMILES string of the molecule is O=c1cc(CN(CCCc2ccco2)c2ccccc2)c2ccccc2[nH]1. The fraction of sp³-hybridized carbons (Fsp3) is 0.174. The highest BCUT2D eigenvalue weighted by Crippen LogP contribution is 2.21. The van der Waals surface area contributed by atoms with E-state index in [1.807, 2.05) is 48.5 Å². The van der Waals surface area contributed by atoms with E-state index in [9.17, 15) is 4.79 Å². The number of hydrogen-bond donors (Lipinski definition) is 1. The van der Waals surface area contributed by atoms with Crippen LogP contribution in [0, 0.1) is 0 Å². The maximum Gasteiger partial charge on any atom is 0.248 e. The lowest BCUT2D eigenvalue weighted by atomic mass is 10.1. The minimum absolute atomic E-state index is 0.0627. The molecule has 0 aliphatic carbocycles. The van der Waals surface area contributed by atoms with Crippen molar-refractivity contribution >= 4 is 16.6 Å². The first-order valence-electron chi connectivity index (χ1n) is 9.23. The van der Waals surface area contributed by atoms with Gasteiger partial charge in [0.1, 0.15) is 5.76 Å². The summed E-state index contributed by atoms with van der Waals surface area (Å²) in [6.07, 6.45) is 3.59. The zero-order valence-corrected chi connectivity index (χ0v) is 15.1. The Morgan fingerprint density at radius 2 is 1.74 bits per heavy atom. The maximum atomic E-state index is 12.1. The predicted octanol–water partition coefficient (Wildman–Crippen LogP) is 4.76. The van der Waals surface area contributed by atoms with Crippen LogP contribution in [0.1, 0.15) is 17.7 Å². The summed E-state index contributed by atoms with van der Waals surface area (Å²) >= 11 is 0. The second kappa shape index (κ2) is 7.96. The molecule has 0 spiro atoms. The van der Waals surface area contributed by atoms with Gasteiger partial charge in [0.15, 0.2) is 0 Å². The highest BCUT2D eigenvalue weighted by molar-refractivity contribution is 5.82. The average molecular weight is 358 g/mol. The molecule has 0 saturated carbocycles. The van der Waals surface area contributed by atoms with Gasteiger partial charge >= 0.3 is 0 Å². The molecule has 27 heavy (non-hydrogen) atoms. The van der Waals surface area contributed by atoms with Crippen LogP contribution in [0.25, 0.3) is 10.9 Å². The number of furan rings is 1. The number of aryl methyl sites for hydroxylation is 1. The van der Waals surface area contributed by atoms with Crippen LogP contribution in [-0.2, 0) is 13.0 Å².